The van der Waals surface area contributed by atoms with Gasteiger partial charge in [-0.1, -0.05) is 61.9 Å². The second-order valence-electron chi connectivity index (χ2n) is 9.16. The highest BCUT2D eigenvalue weighted by atomic mass is 16.5. The summed E-state index contributed by atoms with van der Waals surface area (Å²) < 4.78 is 8.23. The van der Waals surface area contributed by atoms with Crippen molar-refractivity contribution in [1.82, 2.24) is 9.55 Å². The molecule has 5 nitrogen and oxygen atoms in total. The van der Waals surface area contributed by atoms with Crippen molar-refractivity contribution in [2.45, 2.75) is 40.0 Å². The summed E-state index contributed by atoms with van der Waals surface area (Å²) >= 11 is 0. The Morgan fingerprint density at radius 1 is 1.00 bits per heavy atom. The molecule has 0 fully saturated rings. The van der Waals surface area contributed by atoms with Crippen molar-refractivity contribution < 1.29 is 14.6 Å². The van der Waals surface area contributed by atoms with E-state index in [0.717, 1.165) is 46.7 Å². The standard InChI is InChI=1S/C29H32N2O3/c1-20(2)25(29(32)33)11-7-8-18-34-24-16-17-26-27(19-24)31(23-14-12-21(3)13-15-23)28(30-26)22-9-5-4-6-10-22/h4-6,9-10,12-17,19-20,25H,7-8,11,18H2,1-3H3,(H,32,33). The van der Waals surface area contributed by atoms with Gasteiger partial charge in [0.05, 0.1) is 23.6 Å². The first-order valence-electron chi connectivity index (χ1n) is 11.9. The maximum Gasteiger partial charge on any atom is 0.306 e. The minimum Gasteiger partial charge on any atom is -0.494 e. The number of hydrogen-bond donors (Lipinski definition) is 1. The lowest BCUT2D eigenvalue weighted by atomic mass is 9.91. The Bertz CT molecular complexity index is 1240. The zero-order chi connectivity index (χ0) is 24.1. The third-order valence-corrected chi connectivity index (χ3v) is 6.25. The number of aliphatic carboxylic acids is 1. The van der Waals surface area contributed by atoms with Gasteiger partial charge in [0.1, 0.15) is 11.6 Å². The summed E-state index contributed by atoms with van der Waals surface area (Å²) in [5.74, 6) is 0.822. The van der Waals surface area contributed by atoms with E-state index in [0.29, 0.717) is 13.0 Å². The normalized spacial score (nSPS) is 12.2. The van der Waals surface area contributed by atoms with Crippen LogP contribution >= 0.6 is 0 Å². The molecular weight excluding hydrogens is 424 g/mol. The first-order chi connectivity index (χ1) is 16.4. The number of imidazole rings is 1. The zero-order valence-corrected chi connectivity index (χ0v) is 20.1. The number of hydrogen-bond acceptors (Lipinski definition) is 3. The van der Waals surface area contributed by atoms with E-state index < -0.39 is 5.97 Å². The molecule has 0 bridgehead atoms. The molecule has 1 aromatic heterocycles. The van der Waals surface area contributed by atoms with E-state index in [2.05, 4.69) is 47.9 Å². The number of ether oxygens (including phenoxy) is 1. The molecule has 1 heterocycles. The highest BCUT2D eigenvalue weighted by Crippen LogP contribution is 2.31. The molecule has 5 heteroatoms. The van der Waals surface area contributed by atoms with Gasteiger partial charge in [-0.3, -0.25) is 9.36 Å². The van der Waals surface area contributed by atoms with E-state index in [4.69, 9.17) is 9.72 Å². The Labute approximate surface area is 201 Å². The van der Waals surface area contributed by atoms with Crippen molar-refractivity contribution in [1.29, 1.82) is 0 Å². The van der Waals surface area contributed by atoms with Gasteiger partial charge in [0, 0.05) is 17.3 Å². The Morgan fingerprint density at radius 3 is 2.41 bits per heavy atom. The Balaban J connectivity index is 1.56. The van der Waals surface area contributed by atoms with Crippen LogP contribution in [0.4, 0.5) is 0 Å². The second kappa shape index (κ2) is 10.6. The molecule has 1 N–H and O–H groups in total. The summed E-state index contributed by atoms with van der Waals surface area (Å²) in [5.41, 5.74) is 5.22. The van der Waals surface area contributed by atoms with Crippen LogP contribution in [0.15, 0.2) is 72.8 Å². The summed E-state index contributed by atoms with van der Waals surface area (Å²) in [6, 6.07) is 24.7. The fraction of sp³-hybridized carbons (Fsp3) is 0.310. The van der Waals surface area contributed by atoms with Crippen LogP contribution in [0.2, 0.25) is 0 Å². The van der Waals surface area contributed by atoms with Crippen LogP contribution in [0.25, 0.3) is 28.1 Å². The average molecular weight is 457 g/mol. The molecule has 0 saturated carbocycles. The smallest absolute Gasteiger partial charge is 0.306 e. The summed E-state index contributed by atoms with van der Waals surface area (Å²) in [7, 11) is 0. The predicted octanol–water partition coefficient (Wildman–Crippen LogP) is 6.91. The number of fused-ring (bicyclic) bond motifs is 1. The van der Waals surface area contributed by atoms with Crippen LogP contribution in [0.3, 0.4) is 0 Å². The fourth-order valence-electron chi connectivity index (χ4n) is 4.28. The Morgan fingerprint density at radius 2 is 1.74 bits per heavy atom. The topological polar surface area (TPSA) is 64.4 Å². The van der Waals surface area contributed by atoms with Crippen LogP contribution in [-0.4, -0.2) is 27.2 Å². The second-order valence-corrected chi connectivity index (χ2v) is 9.16. The van der Waals surface area contributed by atoms with Crippen molar-refractivity contribution in [2.24, 2.45) is 11.8 Å². The molecule has 34 heavy (non-hydrogen) atoms. The lowest BCUT2D eigenvalue weighted by Crippen LogP contribution is -2.19. The summed E-state index contributed by atoms with van der Waals surface area (Å²) in [4.78, 5) is 16.3. The third kappa shape index (κ3) is 5.30. The SMILES string of the molecule is Cc1ccc(-n2c(-c3ccccc3)nc3ccc(OCCCCC(C(=O)O)C(C)C)cc32)cc1. The molecule has 4 rings (SSSR count). The molecule has 0 aliphatic heterocycles. The maximum absolute atomic E-state index is 11.4. The van der Waals surface area contributed by atoms with Gasteiger partial charge in [0.25, 0.3) is 0 Å². The van der Waals surface area contributed by atoms with Crippen LogP contribution in [-0.2, 0) is 4.79 Å². The predicted molar refractivity (Wildman–Crippen MR) is 137 cm³/mol. The maximum atomic E-state index is 11.4. The zero-order valence-electron chi connectivity index (χ0n) is 20.1. The molecule has 1 unspecified atom stereocenters. The molecule has 1 atom stereocenters. The number of aryl methyl sites for hydroxylation is 1. The quantitative estimate of drug-likeness (QED) is 0.263. The lowest BCUT2D eigenvalue weighted by molar-refractivity contribution is -0.143. The number of unbranched alkanes of at least 4 members (excludes halogenated alkanes) is 1. The van der Waals surface area contributed by atoms with E-state index in [-0.39, 0.29) is 11.8 Å². The lowest BCUT2D eigenvalue weighted by Gasteiger charge is -2.15. The van der Waals surface area contributed by atoms with Crippen molar-refractivity contribution >= 4 is 17.0 Å². The van der Waals surface area contributed by atoms with E-state index in [1.807, 2.05) is 50.2 Å². The minimum atomic E-state index is -0.708. The monoisotopic (exact) mass is 456 g/mol. The number of carbonyl (C=O) groups is 1. The minimum absolute atomic E-state index is 0.140. The fourth-order valence-corrected chi connectivity index (χ4v) is 4.28. The van der Waals surface area contributed by atoms with Gasteiger partial charge in [-0.15, -0.1) is 0 Å². The van der Waals surface area contributed by atoms with E-state index in [1.165, 1.54) is 5.56 Å². The summed E-state index contributed by atoms with van der Waals surface area (Å²) in [5, 5.41) is 9.36. The van der Waals surface area contributed by atoms with Crippen LogP contribution in [0.1, 0.15) is 38.7 Å². The highest BCUT2D eigenvalue weighted by Gasteiger charge is 2.20. The first-order valence-corrected chi connectivity index (χ1v) is 11.9. The molecule has 3 aromatic carbocycles. The van der Waals surface area contributed by atoms with Crippen molar-refractivity contribution in [3.63, 3.8) is 0 Å². The molecule has 0 saturated heterocycles. The van der Waals surface area contributed by atoms with E-state index >= 15 is 0 Å². The summed E-state index contributed by atoms with van der Waals surface area (Å²) in [6.45, 7) is 6.57. The van der Waals surface area contributed by atoms with Gasteiger partial charge in [-0.25, -0.2) is 4.98 Å². The van der Waals surface area contributed by atoms with Gasteiger partial charge in [0.2, 0.25) is 0 Å². The number of benzene rings is 3. The van der Waals surface area contributed by atoms with Crippen LogP contribution < -0.4 is 4.74 Å². The first kappa shape index (κ1) is 23.6. The van der Waals surface area contributed by atoms with E-state index in [1.54, 1.807) is 0 Å². The Kier molecular flexibility index (Phi) is 7.31. The van der Waals surface area contributed by atoms with Crippen molar-refractivity contribution in [3.8, 4) is 22.8 Å². The molecule has 0 radical (unpaired) electrons. The van der Waals surface area contributed by atoms with Crippen LogP contribution in [0.5, 0.6) is 5.75 Å². The molecule has 0 aliphatic carbocycles. The molecule has 176 valence electrons. The number of nitrogens with zero attached hydrogens (tertiary/aromatic N) is 2. The molecular formula is C29H32N2O3. The molecule has 0 aliphatic rings. The number of carboxylic acid groups (broad SMARTS) is 1. The van der Waals surface area contributed by atoms with Gasteiger partial charge >= 0.3 is 5.97 Å². The Hall–Kier alpha value is -3.60. The third-order valence-electron chi connectivity index (χ3n) is 6.25. The molecule has 0 spiro atoms. The number of rotatable bonds is 10. The number of carboxylic acids is 1. The van der Waals surface area contributed by atoms with Crippen molar-refractivity contribution in [3.05, 3.63) is 78.4 Å². The van der Waals surface area contributed by atoms with Gasteiger partial charge in [0.15, 0.2) is 0 Å². The highest BCUT2D eigenvalue weighted by molar-refractivity contribution is 5.84. The molecule has 4 aromatic rings. The van der Waals surface area contributed by atoms with Gasteiger partial charge in [-0.2, -0.15) is 0 Å². The van der Waals surface area contributed by atoms with Crippen molar-refractivity contribution in [2.75, 3.05) is 6.61 Å². The molecule has 0 amide bonds. The van der Waals surface area contributed by atoms with Gasteiger partial charge in [-0.05, 0) is 56.4 Å². The average Bonchev–Trinajstić information content (AvgIpc) is 3.20. The summed E-state index contributed by atoms with van der Waals surface area (Å²) in [6.07, 6.45) is 2.33. The number of aromatic nitrogens is 2. The van der Waals surface area contributed by atoms with E-state index in [9.17, 15) is 9.90 Å². The van der Waals surface area contributed by atoms with Crippen LogP contribution in [0, 0.1) is 18.8 Å². The largest absolute Gasteiger partial charge is 0.494 e. The van der Waals surface area contributed by atoms with Gasteiger partial charge < -0.3 is 9.84 Å².